The van der Waals surface area contributed by atoms with Crippen LogP contribution in [0.25, 0.3) is 0 Å². The van der Waals surface area contributed by atoms with Crippen molar-refractivity contribution < 1.29 is 9.84 Å². The van der Waals surface area contributed by atoms with Gasteiger partial charge in [0.05, 0.1) is 7.11 Å². The Hall–Kier alpha value is -0.670. The molecule has 0 amide bonds. The lowest BCUT2D eigenvalue weighted by molar-refractivity contribution is 0.0212. The van der Waals surface area contributed by atoms with Crippen LogP contribution in [-0.2, 0) is 5.60 Å². The van der Waals surface area contributed by atoms with E-state index in [1.807, 2.05) is 24.3 Å². The fraction of sp³-hybridized carbons (Fsp3) is 0.500. The van der Waals surface area contributed by atoms with Gasteiger partial charge < -0.3 is 9.84 Å². The van der Waals surface area contributed by atoms with Gasteiger partial charge >= 0.3 is 0 Å². The molecule has 1 saturated heterocycles. The number of benzene rings is 1. The van der Waals surface area contributed by atoms with Crippen molar-refractivity contribution in [2.45, 2.75) is 12.5 Å². The van der Waals surface area contributed by atoms with Gasteiger partial charge in [-0.1, -0.05) is 25.1 Å². The lowest BCUT2D eigenvalue weighted by atomic mass is 9.85. The molecule has 0 radical (unpaired) electrons. The third-order valence-electron chi connectivity index (χ3n) is 3.08. The molecule has 0 aromatic heterocycles. The van der Waals surface area contributed by atoms with Crippen molar-refractivity contribution >= 4 is 11.8 Å². The van der Waals surface area contributed by atoms with Crippen LogP contribution in [0.15, 0.2) is 24.3 Å². The molecule has 0 aliphatic carbocycles. The lowest BCUT2D eigenvalue weighted by Gasteiger charge is -2.28. The second-order valence-corrected chi connectivity index (χ2v) is 5.07. The van der Waals surface area contributed by atoms with Crippen LogP contribution in [-0.4, -0.2) is 23.7 Å². The Balaban J connectivity index is 2.43. The molecular weight excluding hydrogens is 208 g/mol. The van der Waals surface area contributed by atoms with Crippen LogP contribution in [0.4, 0.5) is 0 Å². The fourth-order valence-corrected chi connectivity index (χ4v) is 3.52. The summed E-state index contributed by atoms with van der Waals surface area (Å²) in [5.41, 5.74) is 0.196. The number of aliphatic hydroxyl groups is 1. The van der Waals surface area contributed by atoms with Crippen molar-refractivity contribution in [3.63, 3.8) is 0 Å². The summed E-state index contributed by atoms with van der Waals surface area (Å²) in [5.74, 6) is 2.83. The summed E-state index contributed by atoms with van der Waals surface area (Å²) in [7, 11) is 1.65. The SMILES string of the molecule is COc1ccccc1[C@]1(O)CSC[C@@H]1C. The molecule has 82 valence electrons. The van der Waals surface area contributed by atoms with Crippen molar-refractivity contribution in [2.75, 3.05) is 18.6 Å². The van der Waals surface area contributed by atoms with Crippen LogP contribution in [0.2, 0.25) is 0 Å². The van der Waals surface area contributed by atoms with Gasteiger partial charge in [-0.3, -0.25) is 0 Å². The third kappa shape index (κ3) is 1.74. The van der Waals surface area contributed by atoms with E-state index in [1.165, 1.54) is 0 Å². The van der Waals surface area contributed by atoms with Crippen molar-refractivity contribution in [1.29, 1.82) is 0 Å². The molecule has 1 aliphatic rings. The van der Waals surface area contributed by atoms with Crippen LogP contribution in [0.5, 0.6) is 5.75 Å². The molecule has 1 aliphatic heterocycles. The predicted octanol–water partition coefficient (Wildman–Crippen LogP) is 2.27. The smallest absolute Gasteiger partial charge is 0.124 e. The van der Waals surface area contributed by atoms with E-state index in [9.17, 15) is 5.11 Å². The average Bonchev–Trinajstić information content (AvgIpc) is 2.60. The number of rotatable bonds is 2. The lowest BCUT2D eigenvalue weighted by Crippen LogP contribution is -2.32. The van der Waals surface area contributed by atoms with Gasteiger partial charge in [0.1, 0.15) is 11.4 Å². The van der Waals surface area contributed by atoms with Gasteiger partial charge in [0.2, 0.25) is 0 Å². The summed E-state index contributed by atoms with van der Waals surface area (Å²) in [5, 5.41) is 10.6. The van der Waals surface area contributed by atoms with E-state index in [2.05, 4.69) is 6.92 Å². The Kier molecular flexibility index (Phi) is 2.94. The molecule has 2 rings (SSSR count). The number of hydrogen-bond acceptors (Lipinski definition) is 3. The molecule has 1 fully saturated rings. The van der Waals surface area contributed by atoms with Crippen molar-refractivity contribution in [2.24, 2.45) is 5.92 Å². The van der Waals surface area contributed by atoms with Gasteiger partial charge in [0.25, 0.3) is 0 Å². The molecule has 0 bridgehead atoms. The zero-order chi connectivity index (χ0) is 10.9. The predicted molar refractivity (Wildman–Crippen MR) is 63.4 cm³/mol. The molecule has 1 heterocycles. The highest BCUT2D eigenvalue weighted by Crippen LogP contribution is 2.44. The standard InChI is InChI=1S/C12H16O2S/c1-9-7-15-8-12(9,13)10-5-3-4-6-11(10)14-2/h3-6,9,13H,7-8H2,1-2H3/t9-,12-/m0/s1. The molecule has 2 nitrogen and oxygen atoms in total. The minimum atomic E-state index is -0.725. The maximum Gasteiger partial charge on any atom is 0.124 e. The summed E-state index contributed by atoms with van der Waals surface area (Å²) in [4.78, 5) is 0. The highest BCUT2D eigenvalue weighted by molar-refractivity contribution is 7.99. The zero-order valence-electron chi connectivity index (χ0n) is 9.06. The highest BCUT2D eigenvalue weighted by atomic mass is 32.2. The minimum absolute atomic E-state index is 0.277. The number of methoxy groups -OCH3 is 1. The first kappa shape index (κ1) is 10.8. The monoisotopic (exact) mass is 224 g/mol. The van der Waals surface area contributed by atoms with Crippen molar-refractivity contribution in [3.8, 4) is 5.75 Å². The van der Waals surface area contributed by atoms with Gasteiger partial charge in [0, 0.05) is 11.3 Å². The molecule has 0 saturated carbocycles. The third-order valence-corrected chi connectivity index (χ3v) is 4.46. The maximum atomic E-state index is 10.6. The molecule has 1 aromatic carbocycles. The van der Waals surface area contributed by atoms with Gasteiger partial charge in [-0.15, -0.1) is 0 Å². The first-order valence-electron chi connectivity index (χ1n) is 5.12. The zero-order valence-corrected chi connectivity index (χ0v) is 9.88. The largest absolute Gasteiger partial charge is 0.496 e. The number of ether oxygens (including phenoxy) is 1. The van der Waals surface area contributed by atoms with Crippen molar-refractivity contribution in [3.05, 3.63) is 29.8 Å². The number of para-hydroxylation sites is 1. The fourth-order valence-electron chi connectivity index (χ4n) is 2.02. The molecule has 2 atom stereocenters. The summed E-state index contributed by atoms with van der Waals surface area (Å²) < 4.78 is 5.30. The quantitative estimate of drug-likeness (QED) is 0.835. The van der Waals surface area contributed by atoms with E-state index in [0.29, 0.717) is 0 Å². The van der Waals surface area contributed by atoms with Crippen LogP contribution in [0.3, 0.4) is 0 Å². The number of hydrogen-bond donors (Lipinski definition) is 1. The van der Waals surface area contributed by atoms with Crippen LogP contribution in [0, 0.1) is 5.92 Å². The molecule has 1 N–H and O–H groups in total. The first-order chi connectivity index (χ1) is 7.18. The molecular formula is C12H16O2S. The summed E-state index contributed by atoms with van der Waals surface area (Å²) >= 11 is 1.80. The van der Waals surface area contributed by atoms with E-state index in [4.69, 9.17) is 4.74 Å². The minimum Gasteiger partial charge on any atom is -0.496 e. The topological polar surface area (TPSA) is 29.5 Å². The highest BCUT2D eigenvalue weighted by Gasteiger charge is 2.42. The first-order valence-corrected chi connectivity index (χ1v) is 6.27. The Morgan fingerprint density at radius 2 is 2.20 bits per heavy atom. The molecule has 1 aromatic rings. The van der Waals surface area contributed by atoms with E-state index in [1.54, 1.807) is 18.9 Å². The molecule has 3 heteroatoms. The van der Waals surface area contributed by atoms with Crippen LogP contribution < -0.4 is 4.74 Å². The van der Waals surface area contributed by atoms with E-state index < -0.39 is 5.60 Å². The second kappa shape index (κ2) is 4.06. The normalized spacial score (nSPS) is 30.5. The van der Waals surface area contributed by atoms with Gasteiger partial charge in [-0.2, -0.15) is 11.8 Å². The van der Waals surface area contributed by atoms with Gasteiger partial charge in [-0.25, -0.2) is 0 Å². The van der Waals surface area contributed by atoms with Gasteiger partial charge in [0.15, 0.2) is 0 Å². The van der Waals surface area contributed by atoms with Crippen LogP contribution in [0.1, 0.15) is 12.5 Å². The van der Waals surface area contributed by atoms with E-state index in [-0.39, 0.29) is 5.92 Å². The summed E-state index contributed by atoms with van der Waals surface area (Å²) in [6, 6.07) is 7.74. The summed E-state index contributed by atoms with van der Waals surface area (Å²) in [6.45, 7) is 2.09. The Bertz CT molecular complexity index is 353. The van der Waals surface area contributed by atoms with E-state index in [0.717, 1.165) is 22.8 Å². The van der Waals surface area contributed by atoms with E-state index >= 15 is 0 Å². The second-order valence-electron chi connectivity index (χ2n) is 4.04. The van der Waals surface area contributed by atoms with Crippen LogP contribution >= 0.6 is 11.8 Å². The Labute approximate surface area is 94.6 Å². The van der Waals surface area contributed by atoms with Gasteiger partial charge in [-0.05, 0) is 17.7 Å². The molecule has 0 unspecified atom stereocenters. The maximum absolute atomic E-state index is 10.6. The van der Waals surface area contributed by atoms with Crippen molar-refractivity contribution in [1.82, 2.24) is 0 Å². The molecule has 15 heavy (non-hydrogen) atoms. The average molecular weight is 224 g/mol. The summed E-state index contributed by atoms with van der Waals surface area (Å²) in [6.07, 6.45) is 0. The molecule has 0 spiro atoms. The Morgan fingerprint density at radius 1 is 1.47 bits per heavy atom. The Morgan fingerprint density at radius 3 is 2.80 bits per heavy atom. The number of thioether (sulfide) groups is 1.